The molecule has 1 heterocycles. The van der Waals surface area contributed by atoms with Crippen molar-refractivity contribution in [1.82, 2.24) is 5.32 Å². The molecule has 0 radical (unpaired) electrons. The van der Waals surface area contributed by atoms with Gasteiger partial charge < -0.3 is 5.32 Å². The molecule has 1 aliphatic rings. The van der Waals surface area contributed by atoms with Gasteiger partial charge in [-0.15, -0.1) is 23.5 Å². The van der Waals surface area contributed by atoms with E-state index < -0.39 is 0 Å². The minimum absolute atomic E-state index is 0.179. The van der Waals surface area contributed by atoms with E-state index in [1.807, 2.05) is 11.8 Å². The molecular weight excluding hydrogens is 166 g/mol. The zero-order valence-corrected chi connectivity index (χ0v) is 7.56. The SMILES string of the molecule is CCCSC1NC(=O)CS1. The van der Waals surface area contributed by atoms with E-state index in [0.29, 0.717) is 10.5 Å². The predicted molar refractivity (Wildman–Crippen MR) is 47.1 cm³/mol. The first-order valence-corrected chi connectivity index (χ1v) is 5.45. The van der Waals surface area contributed by atoms with Gasteiger partial charge in [-0.25, -0.2) is 0 Å². The van der Waals surface area contributed by atoms with Crippen LogP contribution < -0.4 is 5.32 Å². The molecule has 0 bridgehead atoms. The van der Waals surface area contributed by atoms with Gasteiger partial charge in [-0.05, 0) is 12.2 Å². The average molecular weight is 177 g/mol. The van der Waals surface area contributed by atoms with E-state index in [-0.39, 0.29) is 5.91 Å². The van der Waals surface area contributed by atoms with Gasteiger partial charge >= 0.3 is 0 Å². The summed E-state index contributed by atoms with van der Waals surface area (Å²) in [7, 11) is 0. The Morgan fingerprint density at radius 1 is 1.90 bits per heavy atom. The van der Waals surface area contributed by atoms with Crippen molar-refractivity contribution in [3.8, 4) is 0 Å². The van der Waals surface area contributed by atoms with Gasteiger partial charge in [-0.2, -0.15) is 0 Å². The molecule has 0 aromatic heterocycles. The molecule has 0 spiro atoms. The summed E-state index contributed by atoms with van der Waals surface area (Å²) in [6.07, 6.45) is 1.18. The van der Waals surface area contributed by atoms with Crippen LogP contribution in [0.3, 0.4) is 0 Å². The Kier molecular flexibility index (Phi) is 3.42. The zero-order valence-electron chi connectivity index (χ0n) is 5.92. The Hall–Kier alpha value is 0.170. The number of hydrogen-bond acceptors (Lipinski definition) is 3. The van der Waals surface area contributed by atoms with Crippen LogP contribution in [-0.2, 0) is 4.79 Å². The van der Waals surface area contributed by atoms with E-state index in [0.717, 1.165) is 5.75 Å². The summed E-state index contributed by atoms with van der Waals surface area (Å²) in [5.74, 6) is 1.96. The van der Waals surface area contributed by atoms with E-state index in [1.54, 1.807) is 11.8 Å². The van der Waals surface area contributed by atoms with Crippen LogP contribution in [0.25, 0.3) is 0 Å². The molecule has 1 rings (SSSR count). The molecule has 1 amide bonds. The van der Waals surface area contributed by atoms with Crippen LogP contribution in [0.15, 0.2) is 0 Å². The van der Waals surface area contributed by atoms with Gasteiger partial charge in [0.2, 0.25) is 5.91 Å². The molecule has 1 aliphatic heterocycles. The Bertz CT molecular complexity index is 129. The third kappa shape index (κ3) is 2.42. The second-order valence-corrected chi connectivity index (χ2v) is 4.69. The molecule has 2 nitrogen and oxygen atoms in total. The van der Waals surface area contributed by atoms with E-state index in [1.165, 1.54) is 6.42 Å². The third-order valence-corrected chi connectivity index (χ3v) is 3.85. The lowest BCUT2D eigenvalue weighted by atomic mass is 10.6. The molecule has 4 heteroatoms. The largest absolute Gasteiger partial charge is 0.335 e. The Labute approximate surface area is 69.5 Å². The van der Waals surface area contributed by atoms with Crippen molar-refractivity contribution in [2.75, 3.05) is 11.5 Å². The lowest BCUT2D eigenvalue weighted by Crippen LogP contribution is -2.22. The summed E-state index contributed by atoms with van der Waals surface area (Å²) in [4.78, 5) is 10.7. The van der Waals surface area contributed by atoms with Crippen LogP contribution in [0, 0.1) is 0 Å². The van der Waals surface area contributed by atoms with Crippen molar-refractivity contribution in [2.24, 2.45) is 0 Å². The fraction of sp³-hybridized carbons (Fsp3) is 0.833. The molecule has 1 saturated heterocycles. The van der Waals surface area contributed by atoms with Gasteiger partial charge in [0.1, 0.15) is 4.71 Å². The summed E-state index contributed by atoms with van der Waals surface area (Å²) in [5, 5.41) is 2.88. The third-order valence-electron chi connectivity index (χ3n) is 1.12. The molecule has 1 unspecified atom stereocenters. The molecule has 0 aromatic rings. The highest BCUT2D eigenvalue weighted by molar-refractivity contribution is 8.17. The lowest BCUT2D eigenvalue weighted by Gasteiger charge is -2.05. The quantitative estimate of drug-likeness (QED) is 0.704. The van der Waals surface area contributed by atoms with Gasteiger partial charge in [-0.3, -0.25) is 4.79 Å². The molecule has 0 aliphatic carbocycles. The van der Waals surface area contributed by atoms with Crippen LogP contribution in [0.2, 0.25) is 0 Å². The van der Waals surface area contributed by atoms with E-state index in [2.05, 4.69) is 12.2 Å². The first-order chi connectivity index (χ1) is 4.83. The molecular formula is C6H11NOS2. The van der Waals surface area contributed by atoms with Gasteiger partial charge in [0.05, 0.1) is 5.75 Å². The summed E-state index contributed by atoms with van der Waals surface area (Å²) < 4.78 is 0.326. The van der Waals surface area contributed by atoms with E-state index in [4.69, 9.17) is 0 Å². The topological polar surface area (TPSA) is 29.1 Å². The number of carbonyl (C=O) groups is 1. The smallest absolute Gasteiger partial charge is 0.231 e. The number of carbonyl (C=O) groups excluding carboxylic acids is 1. The summed E-state index contributed by atoms with van der Waals surface area (Å²) in [6.45, 7) is 2.15. The van der Waals surface area contributed by atoms with Crippen molar-refractivity contribution < 1.29 is 4.79 Å². The van der Waals surface area contributed by atoms with Crippen molar-refractivity contribution in [1.29, 1.82) is 0 Å². The number of nitrogens with one attached hydrogen (secondary N) is 1. The maximum atomic E-state index is 10.7. The number of rotatable bonds is 3. The first kappa shape index (κ1) is 8.27. The van der Waals surface area contributed by atoms with Crippen molar-refractivity contribution in [3.63, 3.8) is 0 Å². The lowest BCUT2D eigenvalue weighted by molar-refractivity contribution is -0.117. The number of thioether (sulfide) groups is 2. The van der Waals surface area contributed by atoms with Crippen molar-refractivity contribution >= 4 is 29.4 Å². The second kappa shape index (κ2) is 4.13. The predicted octanol–water partition coefficient (Wildman–Crippen LogP) is 1.28. The van der Waals surface area contributed by atoms with Gasteiger partial charge in [-0.1, -0.05) is 6.92 Å². The Morgan fingerprint density at radius 3 is 3.20 bits per heavy atom. The fourth-order valence-corrected chi connectivity index (χ4v) is 2.82. The molecule has 0 aromatic carbocycles. The molecule has 0 saturated carbocycles. The normalized spacial score (nSPS) is 24.9. The van der Waals surface area contributed by atoms with E-state index >= 15 is 0 Å². The zero-order chi connectivity index (χ0) is 7.40. The molecule has 58 valence electrons. The van der Waals surface area contributed by atoms with Gasteiger partial charge in [0.25, 0.3) is 0 Å². The second-order valence-electron chi connectivity index (χ2n) is 2.08. The van der Waals surface area contributed by atoms with Crippen molar-refractivity contribution in [2.45, 2.75) is 18.1 Å². The van der Waals surface area contributed by atoms with Crippen LogP contribution in [0.4, 0.5) is 0 Å². The Morgan fingerprint density at radius 2 is 2.70 bits per heavy atom. The molecule has 1 fully saturated rings. The van der Waals surface area contributed by atoms with E-state index in [9.17, 15) is 4.79 Å². The highest BCUT2D eigenvalue weighted by atomic mass is 32.2. The summed E-state index contributed by atoms with van der Waals surface area (Å²) >= 11 is 3.51. The number of amides is 1. The van der Waals surface area contributed by atoms with Crippen molar-refractivity contribution in [3.05, 3.63) is 0 Å². The monoisotopic (exact) mass is 177 g/mol. The van der Waals surface area contributed by atoms with Crippen LogP contribution in [0.5, 0.6) is 0 Å². The van der Waals surface area contributed by atoms with Crippen LogP contribution in [0.1, 0.15) is 13.3 Å². The fourth-order valence-electron chi connectivity index (χ4n) is 0.681. The maximum Gasteiger partial charge on any atom is 0.231 e. The van der Waals surface area contributed by atoms with Gasteiger partial charge in [0, 0.05) is 0 Å². The van der Waals surface area contributed by atoms with Crippen LogP contribution >= 0.6 is 23.5 Å². The summed E-state index contributed by atoms with van der Waals surface area (Å²) in [5.41, 5.74) is 0. The number of hydrogen-bond donors (Lipinski definition) is 1. The first-order valence-electron chi connectivity index (χ1n) is 3.35. The summed E-state index contributed by atoms with van der Waals surface area (Å²) in [6, 6.07) is 0. The minimum Gasteiger partial charge on any atom is -0.335 e. The standard InChI is InChI=1S/C6H11NOS2/c1-2-3-9-6-7-5(8)4-10-6/h6H,2-4H2,1H3,(H,7,8). The molecule has 1 atom stereocenters. The minimum atomic E-state index is 0.179. The maximum absolute atomic E-state index is 10.7. The highest BCUT2D eigenvalue weighted by Crippen LogP contribution is 2.25. The molecule has 1 N–H and O–H groups in total. The molecule has 10 heavy (non-hydrogen) atoms. The average Bonchev–Trinajstić information content (AvgIpc) is 2.31. The Balaban J connectivity index is 2.12. The van der Waals surface area contributed by atoms with Crippen LogP contribution in [-0.4, -0.2) is 22.1 Å². The highest BCUT2D eigenvalue weighted by Gasteiger charge is 2.20. The van der Waals surface area contributed by atoms with Gasteiger partial charge in [0.15, 0.2) is 0 Å².